The van der Waals surface area contributed by atoms with Crippen LogP contribution in [0.4, 0.5) is 11.4 Å². The monoisotopic (exact) mass is 570 g/mol. The molecule has 0 saturated carbocycles. The van der Waals surface area contributed by atoms with Crippen molar-refractivity contribution in [2.24, 2.45) is 0 Å². The Morgan fingerprint density at radius 2 is 1.49 bits per heavy atom. The van der Waals surface area contributed by atoms with Gasteiger partial charge in [0.1, 0.15) is 5.75 Å². The molecule has 0 aromatic heterocycles. The third kappa shape index (κ3) is 5.72. The maximum Gasteiger partial charge on any atom is 0.232 e. The lowest BCUT2D eigenvalue weighted by molar-refractivity contribution is -0.118. The lowest BCUT2D eigenvalue weighted by atomic mass is 9.77. The minimum Gasteiger partial charge on any atom is -0.497 e. The van der Waals surface area contributed by atoms with E-state index in [2.05, 4.69) is 50.4 Å². The van der Waals surface area contributed by atoms with Crippen molar-refractivity contribution in [2.75, 3.05) is 17.3 Å². The van der Waals surface area contributed by atoms with E-state index in [1.54, 1.807) is 7.11 Å². The van der Waals surface area contributed by atoms with Crippen LogP contribution in [-0.4, -0.2) is 18.8 Å². The standard InChI is InChI=1S/C38H38N2O3/c1-38(2,3)29-18-14-27(15-19-29)37-36-32(23-28(24-34(36)41)26-16-20-30(43-4)21-17-26)39-31-12-8-9-13-33(31)40(37)35(42)22-25-10-6-5-7-11-25/h5-21,28,37,39H,22-24H2,1-4H3/t28-,37+/m0/s1. The van der Waals surface area contributed by atoms with Crippen LogP contribution in [0.2, 0.25) is 0 Å². The molecule has 5 heteroatoms. The van der Waals surface area contributed by atoms with Crippen molar-refractivity contribution in [3.05, 3.63) is 137 Å². The van der Waals surface area contributed by atoms with Gasteiger partial charge in [-0.25, -0.2) is 0 Å². The number of amides is 1. The summed E-state index contributed by atoms with van der Waals surface area (Å²) >= 11 is 0. The van der Waals surface area contributed by atoms with Gasteiger partial charge in [0, 0.05) is 17.7 Å². The fourth-order valence-electron chi connectivity index (χ4n) is 6.31. The Balaban J connectivity index is 1.50. The molecular weight excluding hydrogens is 532 g/mol. The van der Waals surface area contributed by atoms with Crippen LogP contribution in [0, 0.1) is 0 Å². The van der Waals surface area contributed by atoms with Gasteiger partial charge in [-0.3, -0.25) is 14.5 Å². The normalized spacial score (nSPS) is 18.3. The highest BCUT2D eigenvalue weighted by Gasteiger charge is 2.41. The van der Waals surface area contributed by atoms with Crippen molar-refractivity contribution < 1.29 is 14.3 Å². The fraction of sp³-hybridized carbons (Fsp3) is 0.263. The molecule has 4 aromatic rings. The van der Waals surface area contributed by atoms with Crippen molar-refractivity contribution in [3.8, 4) is 5.75 Å². The minimum absolute atomic E-state index is 0.0182. The van der Waals surface area contributed by atoms with Crippen LogP contribution < -0.4 is 15.0 Å². The van der Waals surface area contributed by atoms with Gasteiger partial charge in [0.25, 0.3) is 0 Å². The highest BCUT2D eigenvalue weighted by atomic mass is 16.5. The van der Waals surface area contributed by atoms with Gasteiger partial charge in [-0.05, 0) is 64.3 Å². The number of ketones is 1. The Morgan fingerprint density at radius 3 is 2.16 bits per heavy atom. The van der Waals surface area contributed by atoms with Gasteiger partial charge in [-0.2, -0.15) is 0 Å². The van der Waals surface area contributed by atoms with Crippen LogP contribution in [0.3, 0.4) is 0 Å². The molecule has 0 saturated heterocycles. The van der Waals surface area contributed by atoms with Crippen LogP contribution in [0.15, 0.2) is 114 Å². The van der Waals surface area contributed by atoms with E-state index in [1.165, 1.54) is 5.56 Å². The molecule has 6 rings (SSSR count). The predicted octanol–water partition coefficient (Wildman–Crippen LogP) is 8.14. The molecule has 1 N–H and O–H groups in total. The quantitative estimate of drug-likeness (QED) is 0.263. The predicted molar refractivity (Wildman–Crippen MR) is 173 cm³/mol. The number of hydrogen-bond acceptors (Lipinski definition) is 4. The number of nitrogens with zero attached hydrogens (tertiary/aromatic N) is 1. The molecule has 2 aliphatic rings. The summed E-state index contributed by atoms with van der Waals surface area (Å²) in [4.78, 5) is 30.5. The summed E-state index contributed by atoms with van der Waals surface area (Å²) in [5.74, 6) is 0.819. The molecule has 218 valence electrons. The number of para-hydroxylation sites is 2. The second-order valence-corrected chi connectivity index (χ2v) is 12.5. The number of allylic oxidation sites excluding steroid dienone is 1. The van der Waals surface area contributed by atoms with Crippen molar-refractivity contribution in [3.63, 3.8) is 0 Å². The minimum atomic E-state index is -0.555. The van der Waals surface area contributed by atoms with Crippen LogP contribution >= 0.6 is 0 Å². The topological polar surface area (TPSA) is 58.6 Å². The van der Waals surface area contributed by atoms with Gasteiger partial charge in [0.15, 0.2) is 5.78 Å². The first kappa shape index (κ1) is 28.5. The maximum absolute atomic E-state index is 14.4. The smallest absolute Gasteiger partial charge is 0.232 e. The summed E-state index contributed by atoms with van der Waals surface area (Å²) < 4.78 is 5.36. The number of anilines is 2. The van der Waals surface area contributed by atoms with Gasteiger partial charge < -0.3 is 10.1 Å². The molecule has 0 unspecified atom stereocenters. The first-order valence-corrected chi connectivity index (χ1v) is 15.0. The van der Waals surface area contributed by atoms with Crippen LogP contribution in [-0.2, 0) is 21.4 Å². The third-order valence-corrected chi connectivity index (χ3v) is 8.64. The van der Waals surface area contributed by atoms with Gasteiger partial charge in [0.2, 0.25) is 5.91 Å². The van der Waals surface area contributed by atoms with Gasteiger partial charge in [-0.1, -0.05) is 99.6 Å². The average molecular weight is 571 g/mol. The molecule has 0 spiro atoms. The van der Waals surface area contributed by atoms with E-state index >= 15 is 0 Å². The molecule has 43 heavy (non-hydrogen) atoms. The Morgan fingerprint density at radius 1 is 0.837 bits per heavy atom. The largest absolute Gasteiger partial charge is 0.497 e. The number of benzene rings is 4. The van der Waals surface area contributed by atoms with E-state index in [9.17, 15) is 9.59 Å². The second-order valence-electron chi connectivity index (χ2n) is 12.5. The molecule has 1 heterocycles. The molecular formula is C38H38N2O3. The van der Waals surface area contributed by atoms with Gasteiger partial charge >= 0.3 is 0 Å². The summed E-state index contributed by atoms with van der Waals surface area (Å²) in [5.41, 5.74) is 7.30. The molecule has 5 nitrogen and oxygen atoms in total. The number of Topliss-reactive ketones (excluding diaryl/α,β-unsaturated/α-hetero) is 1. The Hall–Kier alpha value is -4.64. The van der Waals surface area contributed by atoms with Crippen molar-refractivity contribution in [2.45, 2.75) is 57.4 Å². The Labute approximate surface area is 254 Å². The molecule has 0 radical (unpaired) electrons. The maximum atomic E-state index is 14.4. The number of carbonyl (C=O) groups excluding carboxylic acids is 2. The Bertz CT molecular complexity index is 1670. The molecule has 4 aromatic carbocycles. The average Bonchev–Trinajstić information content (AvgIpc) is 3.16. The molecule has 2 atom stereocenters. The van der Waals surface area contributed by atoms with Crippen molar-refractivity contribution in [1.29, 1.82) is 0 Å². The number of nitrogens with one attached hydrogen (secondary N) is 1. The first-order chi connectivity index (χ1) is 20.7. The lowest BCUT2D eigenvalue weighted by Crippen LogP contribution is -2.39. The Kier molecular flexibility index (Phi) is 7.66. The van der Waals surface area contributed by atoms with E-state index in [-0.39, 0.29) is 29.4 Å². The molecule has 1 amide bonds. The van der Waals surface area contributed by atoms with E-state index in [4.69, 9.17) is 4.74 Å². The first-order valence-electron chi connectivity index (χ1n) is 15.0. The number of fused-ring (bicyclic) bond motifs is 1. The number of methoxy groups -OCH3 is 1. The van der Waals surface area contributed by atoms with Crippen molar-refractivity contribution >= 4 is 23.1 Å². The molecule has 1 aliphatic carbocycles. The number of hydrogen-bond donors (Lipinski definition) is 1. The number of carbonyl (C=O) groups is 2. The summed E-state index contributed by atoms with van der Waals surface area (Å²) in [7, 11) is 1.65. The van der Waals surface area contributed by atoms with Crippen molar-refractivity contribution in [1.82, 2.24) is 0 Å². The SMILES string of the molecule is COc1ccc([C@@H]2CC(=O)C3=C(C2)Nc2ccccc2N(C(=O)Cc2ccccc2)[C@@H]3c2ccc(C(C)(C)C)cc2)cc1. The number of rotatable bonds is 5. The summed E-state index contributed by atoms with van der Waals surface area (Å²) in [6.45, 7) is 6.57. The third-order valence-electron chi connectivity index (χ3n) is 8.64. The van der Waals surface area contributed by atoms with Crippen LogP contribution in [0.25, 0.3) is 0 Å². The molecule has 0 fully saturated rings. The molecule has 0 bridgehead atoms. The lowest BCUT2D eigenvalue weighted by Gasteiger charge is -2.35. The highest BCUT2D eigenvalue weighted by molar-refractivity contribution is 6.06. The number of ether oxygens (including phenoxy) is 1. The molecule has 1 aliphatic heterocycles. The van der Waals surface area contributed by atoms with E-state index in [0.29, 0.717) is 18.4 Å². The van der Waals surface area contributed by atoms with E-state index in [0.717, 1.165) is 39.5 Å². The van der Waals surface area contributed by atoms with Crippen LogP contribution in [0.1, 0.15) is 67.8 Å². The van der Waals surface area contributed by atoms with Crippen LogP contribution in [0.5, 0.6) is 5.75 Å². The zero-order chi connectivity index (χ0) is 30.1. The second kappa shape index (κ2) is 11.6. The highest BCUT2D eigenvalue weighted by Crippen LogP contribution is 2.48. The zero-order valence-corrected chi connectivity index (χ0v) is 25.3. The zero-order valence-electron chi connectivity index (χ0n) is 25.3. The van der Waals surface area contributed by atoms with Gasteiger partial charge in [-0.15, -0.1) is 0 Å². The summed E-state index contributed by atoms with van der Waals surface area (Å²) in [5, 5.41) is 3.64. The van der Waals surface area contributed by atoms with E-state index in [1.807, 2.05) is 83.8 Å². The van der Waals surface area contributed by atoms with Gasteiger partial charge in [0.05, 0.1) is 30.9 Å². The van der Waals surface area contributed by atoms with E-state index < -0.39 is 6.04 Å². The summed E-state index contributed by atoms with van der Waals surface area (Å²) in [6, 6.07) is 33.6. The fourth-order valence-corrected chi connectivity index (χ4v) is 6.31. The summed E-state index contributed by atoms with van der Waals surface area (Å²) in [6.07, 6.45) is 1.27.